The molecule has 2 aromatic carbocycles. The lowest BCUT2D eigenvalue weighted by Gasteiger charge is -2.07. The molecule has 0 radical (unpaired) electrons. The van der Waals surface area contributed by atoms with E-state index < -0.39 is 0 Å². The molecule has 0 unspecified atom stereocenters. The highest BCUT2D eigenvalue weighted by Crippen LogP contribution is 2.31. The van der Waals surface area contributed by atoms with Gasteiger partial charge in [0, 0.05) is 11.1 Å². The van der Waals surface area contributed by atoms with Crippen LogP contribution in [0.25, 0.3) is 22.6 Å². The third-order valence-corrected chi connectivity index (χ3v) is 5.07. The Bertz CT molecular complexity index is 1080. The highest BCUT2D eigenvalue weighted by atomic mass is 32.2. The van der Waals surface area contributed by atoms with Crippen LogP contribution in [0.1, 0.15) is 5.89 Å². The van der Waals surface area contributed by atoms with Crippen molar-refractivity contribution in [2.75, 3.05) is 14.2 Å². The first kappa shape index (κ1) is 18.9. The van der Waals surface area contributed by atoms with Crippen LogP contribution in [-0.2, 0) is 5.75 Å². The van der Waals surface area contributed by atoms with Crippen LogP contribution in [0.15, 0.2) is 70.2 Å². The first-order valence-electron chi connectivity index (χ1n) is 8.84. The third kappa shape index (κ3) is 4.38. The van der Waals surface area contributed by atoms with E-state index in [4.69, 9.17) is 14.0 Å². The molecule has 2 aromatic heterocycles. The van der Waals surface area contributed by atoms with Crippen LogP contribution in [0.4, 0.5) is 0 Å². The standard InChI is InChI=1S/C21H18N4O3S/c1-26-17-10-8-15(12-18(17)27-2)21-22-19(28-25-21)13-29-20-11-9-16(23-24-20)14-6-4-3-5-7-14/h3-12H,13H2,1-2H3. The van der Waals surface area contributed by atoms with Gasteiger partial charge in [-0.2, -0.15) is 4.98 Å². The minimum absolute atomic E-state index is 0.493. The fourth-order valence-corrected chi connectivity index (χ4v) is 3.35. The van der Waals surface area contributed by atoms with Gasteiger partial charge in [0.05, 0.1) is 25.7 Å². The lowest BCUT2D eigenvalue weighted by Crippen LogP contribution is -1.91. The van der Waals surface area contributed by atoms with Gasteiger partial charge >= 0.3 is 0 Å². The summed E-state index contributed by atoms with van der Waals surface area (Å²) >= 11 is 1.49. The van der Waals surface area contributed by atoms with Gasteiger partial charge in [0.25, 0.3) is 0 Å². The molecule has 0 atom stereocenters. The Morgan fingerprint density at radius 2 is 1.69 bits per heavy atom. The predicted molar refractivity (Wildman–Crippen MR) is 110 cm³/mol. The summed E-state index contributed by atoms with van der Waals surface area (Å²) in [6.45, 7) is 0. The minimum atomic E-state index is 0.493. The predicted octanol–water partition coefficient (Wildman–Crippen LogP) is 4.50. The lowest BCUT2D eigenvalue weighted by molar-refractivity contribution is 0.355. The number of ether oxygens (including phenoxy) is 2. The molecule has 0 aliphatic heterocycles. The second-order valence-corrected chi connectivity index (χ2v) is 6.99. The van der Waals surface area contributed by atoms with Gasteiger partial charge in [-0.3, -0.25) is 0 Å². The molecule has 7 nitrogen and oxygen atoms in total. The van der Waals surface area contributed by atoms with E-state index in [-0.39, 0.29) is 0 Å². The van der Waals surface area contributed by atoms with Crippen molar-refractivity contribution in [2.45, 2.75) is 10.8 Å². The van der Waals surface area contributed by atoms with E-state index in [0.29, 0.717) is 29.0 Å². The zero-order valence-corrected chi connectivity index (χ0v) is 16.7. The van der Waals surface area contributed by atoms with Crippen LogP contribution in [-0.4, -0.2) is 34.6 Å². The summed E-state index contributed by atoms with van der Waals surface area (Å²) in [6.07, 6.45) is 0. The van der Waals surface area contributed by atoms with E-state index in [1.165, 1.54) is 11.8 Å². The van der Waals surface area contributed by atoms with E-state index in [1.54, 1.807) is 14.2 Å². The van der Waals surface area contributed by atoms with Gasteiger partial charge in [-0.05, 0) is 30.3 Å². The van der Waals surface area contributed by atoms with E-state index in [9.17, 15) is 0 Å². The fraction of sp³-hybridized carbons (Fsp3) is 0.143. The van der Waals surface area contributed by atoms with Crippen LogP contribution in [0.5, 0.6) is 11.5 Å². The summed E-state index contributed by atoms with van der Waals surface area (Å²) < 4.78 is 15.9. The van der Waals surface area contributed by atoms with E-state index >= 15 is 0 Å². The Hall–Kier alpha value is -3.39. The zero-order valence-electron chi connectivity index (χ0n) is 15.9. The van der Waals surface area contributed by atoms with Crippen LogP contribution in [0, 0.1) is 0 Å². The Morgan fingerprint density at radius 3 is 2.41 bits per heavy atom. The Balaban J connectivity index is 1.42. The van der Waals surface area contributed by atoms with Crippen molar-refractivity contribution in [3.8, 4) is 34.1 Å². The van der Waals surface area contributed by atoms with Gasteiger partial charge in [0.1, 0.15) is 5.03 Å². The monoisotopic (exact) mass is 406 g/mol. The Morgan fingerprint density at radius 1 is 0.862 bits per heavy atom. The first-order valence-corrected chi connectivity index (χ1v) is 9.82. The second kappa shape index (κ2) is 8.74. The third-order valence-electron chi connectivity index (χ3n) is 4.16. The number of methoxy groups -OCH3 is 2. The first-order chi connectivity index (χ1) is 14.3. The van der Waals surface area contributed by atoms with Gasteiger partial charge in [-0.1, -0.05) is 47.3 Å². The van der Waals surface area contributed by atoms with Crippen LogP contribution in [0.3, 0.4) is 0 Å². The van der Waals surface area contributed by atoms with Gasteiger partial charge in [-0.15, -0.1) is 10.2 Å². The average Bonchev–Trinajstić information content (AvgIpc) is 3.27. The van der Waals surface area contributed by atoms with E-state index in [1.807, 2.05) is 60.7 Å². The molecule has 0 fully saturated rings. The molecule has 0 saturated heterocycles. The summed E-state index contributed by atoms with van der Waals surface area (Å²) in [7, 11) is 3.18. The van der Waals surface area contributed by atoms with Crippen molar-refractivity contribution in [2.24, 2.45) is 0 Å². The molecule has 4 rings (SSSR count). The topological polar surface area (TPSA) is 83.2 Å². The molecule has 8 heteroatoms. The Kier molecular flexibility index (Phi) is 5.71. The normalized spacial score (nSPS) is 10.7. The summed E-state index contributed by atoms with van der Waals surface area (Å²) in [5.74, 6) is 2.76. The van der Waals surface area contributed by atoms with Crippen molar-refractivity contribution in [1.82, 2.24) is 20.3 Å². The molecule has 0 amide bonds. The molecule has 0 spiro atoms. The maximum absolute atomic E-state index is 5.36. The lowest BCUT2D eigenvalue weighted by atomic mass is 10.1. The van der Waals surface area contributed by atoms with Gasteiger partial charge in [-0.25, -0.2) is 0 Å². The number of hydrogen-bond donors (Lipinski definition) is 0. The highest BCUT2D eigenvalue weighted by Gasteiger charge is 2.13. The van der Waals surface area contributed by atoms with E-state index in [0.717, 1.165) is 21.8 Å². The average molecular weight is 406 g/mol. The number of rotatable bonds is 7. The largest absolute Gasteiger partial charge is 0.493 e. The molecule has 0 bridgehead atoms. The molecule has 29 heavy (non-hydrogen) atoms. The summed E-state index contributed by atoms with van der Waals surface area (Å²) in [5.41, 5.74) is 2.66. The van der Waals surface area contributed by atoms with Crippen LogP contribution < -0.4 is 9.47 Å². The molecule has 0 aliphatic rings. The van der Waals surface area contributed by atoms with Crippen molar-refractivity contribution in [3.63, 3.8) is 0 Å². The number of aromatic nitrogens is 4. The molecule has 0 saturated carbocycles. The van der Waals surface area contributed by atoms with Gasteiger partial charge < -0.3 is 14.0 Å². The summed E-state index contributed by atoms with van der Waals surface area (Å²) in [4.78, 5) is 4.45. The number of thioether (sulfide) groups is 1. The molecule has 2 heterocycles. The Labute approximate surface area is 172 Å². The van der Waals surface area contributed by atoms with Gasteiger partial charge in [0.15, 0.2) is 11.5 Å². The zero-order chi connectivity index (χ0) is 20.1. The minimum Gasteiger partial charge on any atom is -0.493 e. The molecule has 4 aromatic rings. The maximum atomic E-state index is 5.36. The van der Waals surface area contributed by atoms with Crippen LogP contribution >= 0.6 is 11.8 Å². The number of hydrogen-bond acceptors (Lipinski definition) is 8. The smallest absolute Gasteiger partial charge is 0.237 e. The summed E-state index contributed by atoms with van der Waals surface area (Å²) in [5, 5.41) is 13.4. The molecule has 0 aliphatic carbocycles. The quantitative estimate of drug-likeness (QED) is 0.415. The van der Waals surface area contributed by atoms with Crippen molar-refractivity contribution < 1.29 is 14.0 Å². The second-order valence-electron chi connectivity index (χ2n) is 5.99. The number of benzene rings is 2. The van der Waals surface area contributed by atoms with Gasteiger partial charge in [0.2, 0.25) is 11.7 Å². The van der Waals surface area contributed by atoms with Crippen molar-refractivity contribution >= 4 is 11.8 Å². The van der Waals surface area contributed by atoms with Crippen molar-refractivity contribution in [3.05, 3.63) is 66.6 Å². The highest BCUT2D eigenvalue weighted by molar-refractivity contribution is 7.98. The molecule has 146 valence electrons. The van der Waals surface area contributed by atoms with E-state index in [2.05, 4.69) is 20.3 Å². The SMILES string of the molecule is COc1ccc(-c2noc(CSc3ccc(-c4ccccc4)nn3)n2)cc1OC. The molecule has 0 N–H and O–H groups in total. The fourth-order valence-electron chi connectivity index (χ4n) is 2.70. The number of nitrogens with zero attached hydrogens (tertiary/aromatic N) is 4. The maximum Gasteiger partial charge on any atom is 0.237 e. The summed E-state index contributed by atoms with van der Waals surface area (Å²) in [6, 6.07) is 19.3. The molecular weight excluding hydrogens is 388 g/mol. The van der Waals surface area contributed by atoms with Crippen molar-refractivity contribution in [1.29, 1.82) is 0 Å². The molecular formula is C21H18N4O3S. The van der Waals surface area contributed by atoms with Crippen LogP contribution in [0.2, 0.25) is 0 Å².